The molecule has 1 aromatic heterocycles. The number of hydrogen-bond acceptors (Lipinski definition) is 2. The highest BCUT2D eigenvalue weighted by Gasteiger charge is 2.27. The van der Waals surface area contributed by atoms with Crippen molar-refractivity contribution in [3.05, 3.63) is 11.8 Å². The van der Waals surface area contributed by atoms with Gasteiger partial charge in [0, 0.05) is 18.5 Å². The second kappa shape index (κ2) is 3.01. The normalized spacial score (nSPS) is 21.6. The van der Waals surface area contributed by atoms with Crippen LogP contribution in [0.2, 0.25) is 0 Å². The van der Waals surface area contributed by atoms with E-state index in [-0.39, 0.29) is 5.41 Å². The zero-order valence-corrected chi connectivity index (χ0v) is 9.37. The maximum atomic E-state index is 5.83. The smallest absolute Gasteiger partial charge is 0.215 e. The van der Waals surface area contributed by atoms with Gasteiger partial charge in [0.05, 0.1) is 12.3 Å². The molecule has 78 valence electrons. The van der Waals surface area contributed by atoms with Gasteiger partial charge in [0.15, 0.2) is 0 Å². The number of aryl methyl sites for hydroxylation is 1. The minimum Gasteiger partial charge on any atom is -0.475 e. The summed E-state index contributed by atoms with van der Waals surface area (Å²) >= 11 is 0. The molecule has 1 atom stereocenters. The number of ether oxygens (including phenoxy) is 1. The van der Waals surface area contributed by atoms with Crippen LogP contribution in [0.3, 0.4) is 0 Å². The highest BCUT2D eigenvalue weighted by Crippen LogP contribution is 2.33. The lowest BCUT2D eigenvalue weighted by Crippen LogP contribution is -2.25. The Morgan fingerprint density at radius 1 is 1.50 bits per heavy atom. The minimum atomic E-state index is 0.116. The van der Waals surface area contributed by atoms with Gasteiger partial charge in [-0.3, -0.25) is 0 Å². The van der Waals surface area contributed by atoms with Crippen LogP contribution >= 0.6 is 0 Å². The van der Waals surface area contributed by atoms with Crippen LogP contribution in [-0.4, -0.2) is 15.9 Å². The first-order valence-electron chi connectivity index (χ1n) is 5.21. The highest BCUT2D eigenvalue weighted by molar-refractivity contribution is 5.32. The molecule has 3 nitrogen and oxygen atoms in total. The van der Waals surface area contributed by atoms with Crippen molar-refractivity contribution in [2.24, 2.45) is 0 Å². The van der Waals surface area contributed by atoms with E-state index in [1.54, 1.807) is 0 Å². The van der Waals surface area contributed by atoms with E-state index in [2.05, 4.69) is 32.8 Å². The van der Waals surface area contributed by atoms with Crippen molar-refractivity contribution in [2.45, 2.75) is 52.2 Å². The predicted octanol–water partition coefficient (Wildman–Crippen LogP) is 2.35. The number of nitrogens with zero attached hydrogens (tertiary/aromatic N) is 2. The third-order valence-electron chi connectivity index (χ3n) is 2.66. The van der Waals surface area contributed by atoms with Crippen LogP contribution in [0.1, 0.15) is 39.7 Å². The molecule has 0 radical (unpaired) electrons. The van der Waals surface area contributed by atoms with E-state index in [1.807, 2.05) is 10.9 Å². The third kappa shape index (κ3) is 1.51. The van der Waals surface area contributed by atoms with Crippen molar-refractivity contribution in [2.75, 3.05) is 0 Å². The number of fused-ring (bicyclic) bond motifs is 1. The molecule has 1 aromatic rings. The van der Waals surface area contributed by atoms with Crippen LogP contribution in [0.25, 0.3) is 0 Å². The molecule has 0 amide bonds. The molecule has 1 aliphatic heterocycles. The van der Waals surface area contributed by atoms with Gasteiger partial charge in [-0.1, -0.05) is 20.8 Å². The molecule has 0 aromatic carbocycles. The average Bonchev–Trinajstić information content (AvgIpc) is 2.45. The number of hydrogen-bond donors (Lipinski definition) is 0. The summed E-state index contributed by atoms with van der Waals surface area (Å²) in [6, 6.07) is 0. The fraction of sp³-hybridized carbons (Fsp3) is 0.727. The van der Waals surface area contributed by atoms with E-state index in [1.165, 1.54) is 5.56 Å². The van der Waals surface area contributed by atoms with Crippen molar-refractivity contribution >= 4 is 0 Å². The topological polar surface area (TPSA) is 27.1 Å². The van der Waals surface area contributed by atoms with Crippen LogP contribution in [0.4, 0.5) is 0 Å². The van der Waals surface area contributed by atoms with Crippen LogP contribution in [0.5, 0.6) is 5.88 Å². The van der Waals surface area contributed by atoms with Crippen LogP contribution < -0.4 is 4.74 Å². The Morgan fingerprint density at radius 3 is 2.86 bits per heavy atom. The maximum Gasteiger partial charge on any atom is 0.215 e. The van der Waals surface area contributed by atoms with Gasteiger partial charge in [0.25, 0.3) is 0 Å². The Kier molecular flexibility index (Phi) is 2.05. The summed E-state index contributed by atoms with van der Waals surface area (Å²) in [7, 11) is 0. The fourth-order valence-corrected chi connectivity index (χ4v) is 1.73. The molecule has 2 rings (SSSR count). The molecule has 2 heterocycles. The largest absolute Gasteiger partial charge is 0.475 e. The zero-order valence-electron chi connectivity index (χ0n) is 9.37. The van der Waals surface area contributed by atoms with Crippen LogP contribution in [0, 0.1) is 0 Å². The van der Waals surface area contributed by atoms with Crippen LogP contribution in [0.15, 0.2) is 6.20 Å². The molecular formula is C11H18N2O. The summed E-state index contributed by atoms with van der Waals surface area (Å²) in [5.74, 6) is 0.969. The second-order valence-corrected chi connectivity index (χ2v) is 5.05. The summed E-state index contributed by atoms with van der Waals surface area (Å²) in [5, 5.41) is 4.35. The summed E-state index contributed by atoms with van der Waals surface area (Å²) in [6.07, 6.45) is 3.31. The van der Waals surface area contributed by atoms with Gasteiger partial charge in [-0.25, -0.2) is 4.68 Å². The summed E-state index contributed by atoms with van der Waals surface area (Å²) in [4.78, 5) is 0. The maximum absolute atomic E-state index is 5.83. The van der Waals surface area contributed by atoms with Gasteiger partial charge in [0.1, 0.15) is 0 Å². The first-order chi connectivity index (χ1) is 6.48. The van der Waals surface area contributed by atoms with Gasteiger partial charge in [0.2, 0.25) is 5.88 Å². The lowest BCUT2D eigenvalue weighted by Gasteiger charge is -2.25. The van der Waals surface area contributed by atoms with E-state index in [0.717, 1.165) is 18.8 Å². The minimum absolute atomic E-state index is 0.116. The predicted molar refractivity (Wildman–Crippen MR) is 55.6 cm³/mol. The summed E-state index contributed by atoms with van der Waals surface area (Å²) < 4.78 is 7.80. The SMILES string of the molecule is CC1CCn2ncc(C(C)(C)C)c2O1. The number of aromatic nitrogens is 2. The Hall–Kier alpha value is -0.990. The first kappa shape index (κ1) is 9.56. The summed E-state index contributed by atoms with van der Waals surface area (Å²) in [5.41, 5.74) is 1.33. The van der Waals surface area contributed by atoms with Crippen molar-refractivity contribution in [3.8, 4) is 5.88 Å². The first-order valence-corrected chi connectivity index (χ1v) is 5.21. The van der Waals surface area contributed by atoms with Crippen molar-refractivity contribution < 1.29 is 4.74 Å². The van der Waals surface area contributed by atoms with Gasteiger partial charge in [-0.2, -0.15) is 5.10 Å². The Labute approximate surface area is 85.1 Å². The molecule has 3 heteroatoms. The Bertz CT molecular complexity index is 336. The highest BCUT2D eigenvalue weighted by atomic mass is 16.5. The van der Waals surface area contributed by atoms with Crippen LogP contribution in [-0.2, 0) is 12.0 Å². The van der Waals surface area contributed by atoms with Crippen molar-refractivity contribution in [3.63, 3.8) is 0 Å². The van der Waals surface area contributed by atoms with Gasteiger partial charge in [-0.05, 0) is 12.3 Å². The van der Waals surface area contributed by atoms with Gasteiger partial charge >= 0.3 is 0 Å². The third-order valence-corrected chi connectivity index (χ3v) is 2.66. The van der Waals surface area contributed by atoms with E-state index in [0.29, 0.717) is 6.10 Å². The average molecular weight is 194 g/mol. The molecule has 1 unspecified atom stereocenters. The Balaban J connectivity index is 2.41. The van der Waals surface area contributed by atoms with E-state index in [9.17, 15) is 0 Å². The van der Waals surface area contributed by atoms with E-state index < -0.39 is 0 Å². The number of rotatable bonds is 0. The van der Waals surface area contributed by atoms with Crippen molar-refractivity contribution in [1.29, 1.82) is 0 Å². The van der Waals surface area contributed by atoms with E-state index >= 15 is 0 Å². The molecular weight excluding hydrogens is 176 g/mol. The molecule has 0 aliphatic carbocycles. The summed E-state index contributed by atoms with van der Waals surface area (Å²) in [6.45, 7) is 9.66. The van der Waals surface area contributed by atoms with Gasteiger partial charge < -0.3 is 4.74 Å². The molecule has 0 N–H and O–H groups in total. The van der Waals surface area contributed by atoms with Gasteiger partial charge in [-0.15, -0.1) is 0 Å². The zero-order chi connectivity index (χ0) is 10.3. The lowest BCUT2D eigenvalue weighted by atomic mass is 9.89. The molecule has 0 saturated heterocycles. The van der Waals surface area contributed by atoms with E-state index in [4.69, 9.17) is 4.74 Å². The standard InChI is InChI=1S/C11H18N2O/c1-8-5-6-13-10(14-8)9(7-12-13)11(2,3)4/h7-8H,5-6H2,1-4H3. The molecule has 0 spiro atoms. The lowest BCUT2D eigenvalue weighted by molar-refractivity contribution is 0.145. The monoisotopic (exact) mass is 194 g/mol. The molecule has 1 aliphatic rings. The van der Waals surface area contributed by atoms with Crippen molar-refractivity contribution in [1.82, 2.24) is 9.78 Å². The Morgan fingerprint density at radius 2 is 2.21 bits per heavy atom. The molecule has 0 bridgehead atoms. The fourth-order valence-electron chi connectivity index (χ4n) is 1.73. The molecule has 14 heavy (non-hydrogen) atoms. The second-order valence-electron chi connectivity index (χ2n) is 5.05. The quantitative estimate of drug-likeness (QED) is 0.634. The molecule has 0 saturated carbocycles. The molecule has 0 fully saturated rings.